The SMILES string of the molecule is CCCCN(CC(=O)Nc1cc(-c2ccccc2)nn1-c1ccc(C)cc1)C(=O)COC. The second kappa shape index (κ2) is 11.2. The molecule has 0 aliphatic rings. The van der Waals surface area contributed by atoms with Gasteiger partial charge >= 0.3 is 0 Å². The van der Waals surface area contributed by atoms with Crippen LogP contribution in [-0.4, -0.2) is 53.3 Å². The van der Waals surface area contributed by atoms with Crippen LogP contribution in [0.5, 0.6) is 0 Å². The third-order valence-electron chi connectivity index (χ3n) is 5.06. The molecule has 32 heavy (non-hydrogen) atoms. The molecule has 1 aromatic heterocycles. The van der Waals surface area contributed by atoms with E-state index in [2.05, 4.69) is 5.32 Å². The number of unbranched alkanes of at least 4 members (excludes halogenated alkanes) is 1. The average molecular weight is 435 g/mol. The van der Waals surface area contributed by atoms with Gasteiger partial charge in [-0.25, -0.2) is 4.68 Å². The lowest BCUT2D eigenvalue weighted by Gasteiger charge is -2.21. The van der Waals surface area contributed by atoms with Crippen molar-refractivity contribution in [1.82, 2.24) is 14.7 Å². The van der Waals surface area contributed by atoms with E-state index in [1.54, 1.807) is 4.68 Å². The van der Waals surface area contributed by atoms with E-state index in [4.69, 9.17) is 9.84 Å². The average Bonchev–Trinajstić information content (AvgIpc) is 3.21. The van der Waals surface area contributed by atoms with Gasteiger partial charge in [-0.3, -0.25) is 9.59 Å². The maximum atomic E-state index is 12.9. The molecule has 0 unspecified atom stereocenters. The van der Waals surface area contributed by atoms with Gasteiger partial charge < -0.3 is 15.0 Å². The van der Waals surface area contributed by atoms with Gasteiger partial charge in [-0.05, 0) is 25.5 Å². The van der Waals surface area contributed by atoms with Gasteiger partial charge in [0, 0.05) is 25.3 Å². The fourth-order valence-electron chi connectivity index (χ4n) is 3.31. The van der Waals surface area contributed by atoms with Crippen LogP contribution in [0.1, 0.15) is 25.3 Å². The van der Waals surface area contributed by atoms with Gasteiger partial charge in [-0.1, -0.05) is 61.4 Å². The predicted octanol–water partition coefficient (Wildman–Crippen LogP) is 4.06. The minimum Gasteiger partial charge on any atom is -0.375 e. The summed E-state index contributed by atoms with van der Waals surface area (Å²) in [5, 5.41) is 7.67. The van der Waals surface area contributed by atoms with Crippen LogP contribution >= 0.6 is 0 Å². The monoisotopic (exact) mass is 434 g/mol. The Morgan fingerprint density at radius 2 is 1.81 bits per heavy atom. The van der Waals surface area contributed by atoms with Crippen molar-refractivity contribution in [3.8, 4) is 16.9 Å². The van der Waals surface area contributed by atoms with Crippen molar-refractivity contribution >= 4 is 17.6 Å². The highest BCUT2D eigenvalue weighted by molar-refractivity contribution is 5.94. The fourth-order valence-corrected chi connectivity index (χ4v) is 3.31. The molecular formula is C25H30N4O3. The van der Waals surface area contributed by atoms with Gasteiger partial charge in [-0.2, -0.15) is 5.10 Å². The summed E-state index contributed by atoms with van der Waals surface area (Å²) in [6, 6.07) is 19.6. The van der Waals surface area contributed by atoms with Gasteiger partial charge in [-0.15, -0.1) is 0 Å². The summed E-state index contributed by atoms with van der Waals surface area (Å²) >= 11 is 0. The molecule has 0 saturated carbocycles. The van der Waals surface area contributed by atoms with Gasteiger partial charge in [0.1, 0.15) is 12.4 Å². The maximum Gasteiger partial charge on any atom is 0.249 e. The molecule has 2 amide bonds. The molecule has 1 N–H and O–H groups in total. The van der Waals surface area contributed by atoms with Crippen molar-refractivity contribution in [2.24, 2.45) is 0 Å². The topological polar surface area (TPSA) is 76.5 Å². The molecule has 0 aliphatic carbocycles. The first-order valence-corrected chi connectivity index (χ1v) is 10.8. The summed E-state index contributed by atoms with van der Waals surface area (Å²) in [6.07, 6.45) is 1.75. The van der Waals surface area contributed by atoms with E-state index in [0.29, 0.717) is 12.4 Å². The highest BCUT2D eigenvalue weighted by Gasteiger charge is 2.19. The Morgan fingerprint density at radius 3 is 2.47 bits per heavy atom. The fraction of sp³-hybridized carbons (Fsp3) is 0.320. The molecule has 0 radical (unpaired) electrons. The van der Waals surface area contributed by atoms with Crippen LogP contribution in [0.4, 0.5) is 5.82 Å². The number of aryl methyl sites for hydroxylation is 1. The third-order valence-corrected chi connectivity index (χ3v) is 5.06. The van der Waals surface area contributed by atoms with E-state index >= 15 is 0 Å². The Labute approximate surface area is 189 Å². The van der Waals surface area contributed by atoms with Crippen LogP contribution < -0.4 is 5.32 Å². The van der Waals surface area contributed by atoms with Gasteiger partial charge in [0.25, 0.3) is 0 Å². The molecule has 0 saturated heterocycles. The normalized spacial score (nSPS) is 10.7. The summed E-state index contributed by atoms with van der Waals surface area (Å²) in [6.45, 7) is 4.49. The van der Waals surface area contributed by atoms with Crippen molar-refractivity contribution < 1.29 is 14.3 Å². The zero-order valence-electron chi connectivity index (χ0n) is 18.9. The predicted molar refractivity (Wildman–Crippen MR) is 126 cm³/mol. The summed E-state index contributed by atoms with van der Waals surface area (Å²) < 4.78 is 6.68. The van der Waals surface area contributed by atoms with Crippen molar-refractivity contribution in [1.29, 1.82) is 0 Å². The molecule has 3 aromatic rings. The van der Waals surface area contributed by atoms with Crippen LogP contribution in [0.2, 0.25) is 0 Å². The highest BCUT2D eigenvalue weighted by Crippen LogP contribution is 2.25. The van der Waals surface area contributed by atoms with Crippen LogP contribution in [0, 0.1) is 6.92 Å². The highest BCUT2D eigenvalue weighted by atomic mass is 16.5. The Balaban J connectivity index is 1.86. The van der Waals surface area contributed by atoms with E-state index in [9.17, 15) is 9.59 Å². The summed E-state index contributed by atoms with van der Waals surface area (Å²) in [7, 11) is 1.47. The largest absolute Gasteiger partial charge is 0.375 e. The Hall–Kier alpha value is -3.45. The number of nitrogens with one attached hydrogen (secondary N) is 1. The minimum atomic E-state index is -0.279. The first-order chi connectivity index (χ1) is 15.5. The first kappa shape index (κ1) is 23.2. The van der Waals surface area contributed by atoms with Crippen molar-refractivity contribution in [2.75, 3.05) is 32.1 Å². The van der Waals surface area contributed by atoms with Crippen LogP contribution in [-0.2, 0) is 14.3 Å². The molecule has 0 bridgehead atoms. The van der Waals surface area contributed by atoms with E-state index < -0.39 is 0 Å². The molecule has 2 aromatic carbocycles. The molecule has 0 fully saturated rings. The van der Waals surface area contributed by atoms with Crippen LogP contribution in [0.25, 0.3) is 16.9 Å². The number of amides is 2. The molecular weight excluding hydrogens is 404 g/mol. The number of carbonyl (C=O) groups is 2. The number of benzene rings is 2. The van der Waals surface area contributed by atoms with E-state index in [1.165, 1.54) is 12.0 Å². The number of hydrogen-bond donors (Lipinski definition) is 1. The van der Waals surface area contributed by atoms with Crippen molar-refractivity contribution in [2.45, 2.75) is 26.7 Å². The molecule has 0 atom stereocenters. The van der Waals surface area contributed by atoms with Crippen LogP contribution in [0.3, 0.4) is 0 Å². The van der Waals surface area contributed by atoms with Crippen molar-refractivity contribution in [3.05, 3.63) is 66.2 Å². The lowest BCUT2D eigenvalue weighted by molar-refractivity contribution is -0.138. The number of carbonyl (C=O) groups excluding carboxylic acids is 2. The van der Waals surface area contributed by atoms with Gasteiger partial charge in [0.05, 0.1) is 17.9 Å². The Kier molecular flexibility index (Phi) is 8.16. The van der Waals surface area contributed by atoms with Gasteiger partial charge in [0.15, 0.2) is 0 Å². The second-order valence-corrected chi connectivity index (χ2v) is 7.68. The molecule has 7 heteroatoms. The number of nitrogens with zero attached hydrogens (tertiary/aromatic N) is 3. The molecule has 0 spiro atoms. The standard InChI is InChI=1S/C25H30N4O3/c1-4-5-15-28(25(31)18-32-3)17-24(30)26-23-16-22(20-9-7-6-8-10-20)27-29(23)21-13-11-19(2)12-14-21/h6-14,16H,4-5,15,17-18H2,1-3H3,(H,26,30). The molecule has 0 aliphatic heterocycles. The zero-order valence-corrected chi connectivity index (χ0v) is 18.9. The Bertz CT molecular complexity index is 1030. The van der Waals surface area contributed by atoms with Gasteiger partial charge in [0.2, 0.25) is 11.8 Å². The second-order valence-electron chi connectivity index (χ2n) is 7.68. The summed E-state index contributed by atoms with van der Waals surface area (Å²) in [5.41, 5.74) is 3.68. The van der Waals surface area contributed by atoms with E-state index in [1.807, 2.05) is 74.5 Å². The van der Waals surface area contributed by atoms with E-state index in [0.717, 1.165) is 35.3 Å². The smallest absolute Gasteiger partial charge is 0.249 e. The lowest BCUT2D eigenvalue weighted by Crippen LogP contribution is -2.40. The van der Waals surface area contributed by atoms with Crippen molar-refractivity contribution in [3.63, 3.8) is 0 Å². The first-order valence-electron chi connectivity index (χ1n) is 10.8. The molecule has 3 rings (SSSR count). The lowest BCUT2D eigenvalue weighted by atomic mass is 10.1. The zero-order chi connectivity index (χ0) is 22.9. The number of rotatable bonds is 10. The quantitative estimate of drug-likeness (QED) is 0.522. The third kappa shape index (κ3) is 6.04. The number of anilines is 1. The number of methoxy groups -OCH3 is 1. The summed E-state index contributed by atoms with van der Waals surface area (Å²) in [4.78, 5) is 26.8. The summed E-state index contributed by atoms with van der Waals surface area (Å²) in [5.74, 6) is 0.0684. The molecule has 7 nitrogen and oxygen atoms in total. The molecule has 1 heterocycles. The van der Waals surface area contributed by atoms with E-state index in [-0.39, 0.29) is 25.0 Å². The Morgan fingerprint density at radius 1 is 1.09 bits per heavy atom. The molecule has 168 valence electrons. The minimum absolute atomic E-state index is 0.0397. The maximum absolute atomic E-state index is 12.9. The van der Waals surface area contributed by atoms with Crippen LogP contribution in [0.15, 0.2) is 60.7 Å². The number of ether oxygens (including phenoxy) is 1. The number of hydrogen-bond acceptors (Lipinski definition) is 4. The number of aromatic nitrogens is 2.